The molecule has 2 aromatic rings. The number of hydrogen-bond acceptors (Lipinski definition) is 1. The van der Waals surface area contributed by atoms with E-state index in [1.807, 2.05) is 31.2 Å². The number of halogens is 3. The van der Waals surface area contributed by atoms with Crippen molar-refractivity contribution in [2.24, 2.45) is 5.73 Å². The van der Waals surface area contributed by atoms with Crippen LogP contribution in [0.15, 0.2) is 40.9 Å². The van der Waals surface area contributed by atoms with E-state index in [1.165, 1.54) is 6.07 Å². The fourth-order valence-electron chi connectivity index (χ4n) is 1.88. The largest absolute Gasteiger partial charge is 0.320 e. The molecular weight excluding hydrogens is 317 g/mol. The summed E-state index contributed by atoms with van der Waals surface area (Å²) in [5, 5.41) is 0.454. The maximum atomic E-state index is 13.9. The van der Waals surface area contributed by atoms with Crippen molar-refractivity contribution in [1.29, 1.82) is 0 Å². The number of nitrogens with two attached hydrogens (primary N) is 1. The zero-order valence-corrected chi connectivity index (χ0v) is 12.1. The van der Waals surface area contributed by atoms with Gasteiger partial charge in [-0.25, -0.2) is 4.39 Å². The highest BCUT2D eigenvalue weighted by Crippen LogP contribution is 2.31. The lowest BCUT2D eigenvalue weighted by atomic mass is 9.95. The van der Waals surface area contributed by atoms with E-state index in [1.54, 1.807) is 6.07 Å². The summed E-state index contributed by atoms with van der Waals surface area (Å²) in [6, 6.07) is 10.1. The lowest BCUT2D eigenvalue weighted by Gasteiger charge is -2.16. The molecule has 0 amide bonds. The summed E-state index contributed by atoms with van der Waals surface area (Å²) in [5.41, 5.74) is 8.45. The number of benzene rings is 2. The molecule has 0 saturated heterocycles. The predicted octanol–water partition coefficient (Wildman–Crippen LogP) is 4.60. The van der Waals surface area contributed by atoms with Gasteiger partial charge in [0.2, 0.25) is 0 Å². The lowest BCUT2D eigenvalue weighted by molar-refractivity contribution is 0.598. The van der Waals surface area contributed by atoms with E-state index < -0.39 is 6.04 Å². The summed E-state index contributed by atoms with van der Waals surface area (Å²) in [4.78, 5) is 0. The highest BCUT2D eigenvalue weighted by Gasteiger charge is 2.17. The Hall–Kier alpha value is -0.900. The van der Waals surface area contributed by atoms with Crippen molar-refractivity contribution in [3.05, 3.63) is 68.4 Å². The molecule has 0 aliphatic heterocycles. The minimum absolute atomic E-state index is 0.359. The minimum atomic E-state index is -0.517. The standard InChI is InChI=1S/C14H12BrClFN/c1-8-4-2-3-5-9(8)14(18)10-6-12(16)11(15)7-13(10)17/h2-7,14H,18H2,1H3. The molecule has 0 aliphatic rings. The fraction of sp³-hybridized carbons (Fsp3) is 0.143. The summed E-state index contributed by atoms with van der Waals surface area (Å²) in [7, 11) is 0. The molecule has 18 heavy (non-hydrogen) atoms. The molecule has 0 aliphatic carbocycles. The van der Waals surface area contributed by atoms with Gasteiger partial charge in [0.05, 0.1) is 11.1 Å². The molecule has 0 aromatic heterocycles. The average molecular weight is 329 g/mol. The molecule has 0 saturated carbocycles. The first-order valence-electron chi connectivity index (χ1n) is 5.46. The van der Waals surface area contributed by atoms with Crippen molar-refractivity contribution in [3.63, 3.8) is 0 Å². The summed E-state index contributed by atoms with van der Waals surface area (Å²) >= 11 is 9.18. The Bertz CT molecular complexity index is 586. The monoisotopic (exact) mass is 327 g/mol. The SMILES string of the molecule is Cc1ccccc1C(N)c1cc(Cl)c(Br)cc1F. The van der Waals surface area contributed by atoms with Gasteiger partial charge >= 0.3 is 0 Å². The van der Waals surface area contributed by atoms with Crippen molar-refractivity contribution in [2.45, 2.75) is 13.0 Å². The number of hydrogen-bond donors (Lipinski definition) is 1. The quantitative estimate of drug-likeness (QED) is 0.801. The molecule has 1 nitrogen and oxygen atoms in total. The third-order valence-electron chi connectivity index (χ3n) is 2.90. The molecule has 2 N–H and O–H groups in total. The zero-order valence-electron chi connectivity index (χ0n) is 9.75. The van der Waals surface area contributed by atoms with Gasteiger partial charge in [0.25, 0.3) is 0 Å². The second kappa shape index (κ2) is 5.39. The molecule has 0 spiro atoms. The molecule has 0 radical (unpaired) electrons. The number of rotatable bonds is 2. The summed E-state index contributed by atoms with van der Waals surface area (Å²) in [6.45, 7) is 1.95. The fourth-order valence-corrected chi connectivity index (χ4v) is 2.37. The van der Waals surface area contributed by atoms with Gasteiger partial charge in [-0.15, -0.1) is 0 Å². The Kier molecular flexibility index (Phi) is 4.05. The van der Waals surface area contributed by atoms with Crippen LogP contribution in [0.4, 0.5) is 4.39 Å². The van der Waals surface area contributed by atoms with E-state index in [2.05, 4.69) is 15.9 Å². The van der Waals surface area contributed by atoms with Crippen LogP contribution in [0, 0.1) is 12.7 Å². The predicted molar refractivity (Wildman–Crippen MR) is 76.3 cm³/mol. The summed E-state index contributed by atoms with van der Waals surface area (Å²) < 4.78 is 14.5. The van der Waals surface area contributed by atoms with Crippen LogP contribution >= 0.6 is 27.5 Å². The van der Waals surface area contributed by atoms with Crippen molar-refractivity contribution >= 4 is 27.5 Å². The van der Waals surface area contributed by atoms with Crippen molar-refractivity contribution in [2.75, 3.05) is 0 Å². The summed E-state index contributed by atoms with van der Waals surface area (Å²) in [5.74, 6) is -0.359. The van der Waals surface area contributed by atoms with Crippen LogP contribution in [0.2, 0.25) is 5.02 Å². The van der Waals surface area contributed by atoms with Crippen LogP contribution in [0.25, 0.3) is 0 Å². The molecule has 0 heterocycles. The Morgan fingerprint density at radius 2 is 1.89 bits per heavy atom. The molecular formula is C14H12BrClFN. The normalized spacial score (nSPS) is 12.5. The maximum Gasteiger partial charge on any atom is 0.129 e. The molecule has 94 valence electrons. The first kappa shape index (κ1) is 13.5. The Balaban J connectivity index is 2.50. The topological polar surface area (TPSA) is 26.0 Å². The second-order valence-corrected chi connectivity index (χ2v) is 5.38. The Morgan fingerprint density at radius 1 is 1.22 bits per heavy atom. The van der Waals surface area contributed by atoms with Crippen LogP contribution in [0.1, 0.15) is 22.7 Å². The van der Waals surface area contributed by atoms with Crippen LogP contribution in [0.3, 0.4) is 0 Å². The van der Waals surface area contributed by atoms with Crippen LogP contribution in [-0.4, -0.2) is 0 Å². The van der Waals surface area contributed by atoms with E-state index in [0.29, 0.717) is 15.1 Å². The van der Waals surface area contributed by atoms with E-state index in [9.17, 15) is 4.39 Å². The average Bonchev–Trinajstić information content (AvgIpc) is 2.33. The molecule has 1 atom stereocenters. The number of aryl methyl sites for hydroxylation is 1. The first-order chi connectivity index (χ1) is 8.50. The van der Waals surface area contributed by atoms with E-state index in [-0.39, 0.29) is 5.82 Å². The van der Waals surface area contributed by atoms with E-state index in [4.69, 9.17) is 17.3 Å². The van der Waals surface area contributed by atoms with Gasteiger partial charge in [-0.2, -0.15) is 0 Å². The zero-order chi connectivity index (χ0) is 13.3. The molecule has 0 bridgehead atoms. The lowest BCUT2D eigenvalue weighted by Crippen LogP contribution is -2.15. The van der Waals surface area contributed by atoms with Crippen LogP contribution in [-0.2, 0) is 0 Å². The molecule has 0 fully saturated rings. The highest BCUT2D eigenvalue weighted by atomic mass is 79.9. The molecule has 2 rings (SSSR count). The van der Waals surface area contributed by atoms with Gasteiger partial charge in [-0.3, -0.25) is 0 Å². The van der Waals surface area contributed by atoms with Gasteiger partial charge in [-0.1, -0.05) is 35.9 Å². The third-order valence-corrected chi connectivity index (χ3v) is 4.10. The van der Waals surface area contributed by atoms with Gasteiger partial charge < -0.3 is 5.73 Å². The van der Waals surface area contributed by atoms with Gasteiger partial charge in [0, 0.05) is 10.0 Å². The first-order valence-corrected chi connectivity index (χ1v) is 6.63. The summed E-state index contributed by atoms with van der Waals surface area (Å²) in [6.07, 6.45) is 0. The van der Waals surface area contributed by atoms with E-state index >= 15 is 0 Å². The van der Waals surface area contributed by atoms with Crippen molar-refractivity contribution in [1.82, 2.24) is 0 Å². The minimum Gasteiger partial charge on any atom is -0.320 e. The van der Waals surface area contributed by atoms with Crippen LogP contribution in [0.5, 0.6) is 0 Å². The van der Waals surface area contributed by atoms with Gasteiger partial charge in [-0.05, 0) is 46.1 Å². The second-order valence-electron chi connectivity index (χ2n) is 4.12. The smallest absolute Gasteiger partial charge is 0.129 e. The van der Waals surface area contributed by atoms with Crippen molar-refractivity contribution < 1.29 is 4.39 Å². The maximum absolute atomic E-state index is 13.9. The van der Waals surface area contributed by atoms with Gasteiger partial charge in [0.1, 0.15) is 5.82 Å². The Morgan fingerprint density at radius 3 is 2.56 bits per heavy atom. The van der Waals surface area contributed by atoms with Gasteiger partial charge in [0.15, 0.2) is 0 Å². The third kappa shape index (κ3) is 2.58. The van der Waals surface area contributed by atoms with E-state index in [0.717, 1.165) is 11.1 Å². The van der Waals surface area contributed by atoms with Crippen LogP contribution < -0.4 is 5.73 Å². The Labute approximate surface area is 119 Å². The molecule has 2 aromatic carbocycles. The van der Waals surface area contributed by atoms with Crippen molar-refractivity contribution in [3.8, 4) is 0 Å². The molecule has 1 unspecified atom stereocenters. The molecule has 4 heteroatoms. The highest BCUT2D eigenvalue weighted by molar-refractivity contribution is 9.10.